The summed E-state index contributed by atoms with van der Waals surface area (Å²) in [6.45, 7) is 7.14. The van der Waals surface area contributed by atoms with Crippen molar-refractivity contribution >= 4 is 15.9 Å². The van der Waals surface area contributed by atoms with Crippen LogP contribution in [0.3, 0.4) is 0 Å². The lowest BCUT2D eigenvalue weighted by Gasteiger charge is -2.31. The molecule has 1 aliphatic heterocycles. The summed E-state index contributed by atoms with van der Waals surface area (Å²) in [4.78, 5) is 0. The second kappa shape index (κ2) is 7.90. The van der Waals surface area contributed by atoms with Crippen LogP contribution in [0.5, 0.6) is 11.5 Å². The molecule has 0 aromatic heterocycles. The Morgan fingerprint density at radius 1 is 1.08 bits per heavy atom. The van der Waals surface area contributed by atoms with Crippen LogP contribution < -0.4 is 4.74 Å². The SMILES string of the molecule is CC(OC1OCCC1C(C)(C)Br)c1cccc(Oc2ccccc2)c1. The minimum Gasteiger partial charge on any atom is -0.457 e. The maximum absolute atomic E-state index is 6.23. The Kier molecular flexibility index (Phi) is 5.82. The molecule has 1 saturated heterocycles. The highest BCUT2D eigenvalue weighted by Crippen LogP contribution is 2.39. The Hall–Kier alpha value is -1.36. The van der Waals surface area contributed by atoms with Crippen LogP contribution >= 0.6 is 15.9 Å². The average Bonchev–Trinajstić information content (AvgIpc) is 3.04. The molecule has 3 rings (SSSR count). The Bertz CT molecular complexity index is 681. The van der Waals surface area contributed by atoms with Crippen LogP contribution in [0.1, 0.15) is 38.9 Å². The van der Waals surface area contributed by atoms with Gasteiger partial charge >= 0.3 is 0 Å². The molecule has 1 aliphatic rings. The van der Waals surface area contributed by atoms with Gasteiger partial charge in [-0.15, -0.1) is 0 Å². The first kappa shape index (κ1) is 18.4. The largest absolute Gasteiger partial charge is 0.457 e. The van der Waals surface area contributed by atoms with Crippen LogP contribution in [0.25, 0.3) is 0 Å². The first-order chi connectivity index (χ1) is 11.9. The fraction of sp³-hybridized carbons (Fsp3) is 0.429. The van der Waals surface area contributed by atoms with Gasteiger partial charge in [-0.05, 0) is 57.0 Å². The molecule has 2 aromatic rings. The molecule has 0 aliphatic carbocycles. The molecule has 0 spiro atoms. The highest BCUT2D eigenvalue weighted by Gasteiger charge is 2.39. The van der Waals surface area contributed by atoms with Gasteiger partial charge in [-0.3, -0.25) is 0 Å². The van der Waals surface area contributed by atoms with E-state index in [4.69, 9.17) is 14.2 Å². The molecule has 2 aromatic carbocycles. The maximum Gasteiger partial charge on any atom is 0.162 e. The number of hydrogen-bond acceptors (Lipinski definition) is 3. The second-order valence-electron chi connectivity index (χ2n) is 6.96. The Morgan fingerprint density at radius 3 is 2.52 bits per heavy atom. The van der Waals surface area contributed by atoms with E-state index in [1.165, 1.54) is 0 Å². The highest BCUT2D eigenvalue weighted by molar-refractivity contribution is 9.10. The van der Waals surface area contributed by atoms with Crippen molar-refractivity contribution in [2.45, 2.75) is 43.9 Å². The predicted molar refractivity (Wildman–Crippen MR) is 103 cm³/mol. The van der Waals surface area contributed by atoms with Crippen LogP contribution in [0, 0.1) is 5.92 Å². The van der Waals surface area contributed by atoms with Crippen molar-refractivity contribution in [1.82, 2.24) is 0 Å². The summed E-state index contributed by atoms with van der Waals surface area (Å²) in [6, 6.07) is 17.8. The van der Waals surface area contributed by atoms with E-state index in [2.05, 4.69) is 42.8 Å². The van der Waals surface area contributed by atoms with E-state index < -0.39 is 0 Å². The first-order valence-corrected chi connectivity index (χ1v) is 9.51. The van der Waals surface area contributed by atoms with Gasteiger partial charge in [-0.25, -0.2) is 0 Å². The molecule has 0 amide bonds. The number of halogens is 1. The Balaban J connectivity index is 1.68. The molecular formula is C21H25BrO3. The lowest BCUT2D eigenvalue weighted by Crippen LogP contribution is -2.33. The van der Waals surface area contributed by atoms with E-state index in [1.54, 1.807) is 0 Å². The lowest BCUT2D eigenvalue weighted by atomic mass is 9.93. The minimum atomic E-state index is -0.192. The molecule has 0 bridgehead atoms. The van der Waals surface area contributed by atoms with Crippen molar-refractivity contribution in [1.29, 1.82) is 0 Å². The third-order valence-corrected chi connectivity index (χ3v) is 5.15. The van der Waals surface area contributed by atoms with Gasteiger partial charge in [0.25, 0.3) is 0 Å². The lowest BCUT2D eigenvalue weighted by molar-refractivity contribution is -0.162. The van der Waals surface area contributed by atoms with E-state index in [9.17, 15) is 0 Å². The van der Waals surface area contributed by atoms with E-state index in [1.807, 2.05) is 48.5 Å². The van der Waals surface area contributed by atoms with E-state index in [0.29, 0.717) is 5.92 Å². The molecular weight excluding hydrogens is 380 g/mol. The standard InChI is InChI=1S/C21H25BrO3/c1-15(24-20-19(12-13-23-20)21(2,3)22)16-8-7-11-18(14-16)25-17-9-5-4-6-10-17/h4-11,14-15,19-20H,12-13H2,1-3H3. The van der Waals surface area contributed by atoms with Gasteiger partial charge in [-0.2, -0.15) is 0 Å². The molecule has 3 unspecified atom stereocenters. The monoisotopic (exact) mass is 404 g/mol. The molecule has 0 N–H and O–H groups in total. The van der Waals surface area contributed by atoms with Gasteiger partial charge in [0.2, 0.25) is 0 Å². The fourth-order valence-electron chi connectivity index (χ4n) is 3.10. The van der Waals surface area contributed by atoms with Gasteiger partial charge in [0.05, 0.1) is 12.7 Å². The maximum atomic E-state index is 6.23. The van der Waals surface area contributed by atoms with Crippen LogP contribution in [0.15, 0.2) is 54.6 Å². The number of rotatable bonds is 6. The second-order valence-corrected chi connectivity index (χ2v) is 9.01. The van der Waals surface area contributed by atoms with Gasteiger partial charge < -0.3 is 14.2 Å². The van der Waals surface area contributed by atoms with Crippen LogP contribution in [0.4, 0.5) is 0 Å². The van der Waals surface area contributed by atoms with Gasteiger partial charge in [-0.1, -0.05) is 46.3 Å². The summed E-state index contributed by atoms with van der Waals surface area (Å²) in [6.07, 6.45) is 0.745. The first-order valence-electron chi connectivity index (χ1n) is 8.72. The van der Waals surface area contributed by atoms with Gasteiger partial charge in [0.1, 0.15) is 11.5 Å². The summed E-state index contributed by atoms with van der Waals surface area (Å²) in [7, 11) is 0. The summed E-state index contributed by atoms with van der Waals surface area (Å²) < 4.78 is 18.0. The summed E-state index contributed by atoms with van der Waals surface area (Å²) >= 11 is 3.76. The van der Waals surface area contributed by atoms with Crippen molar-refractivity contribution < 1.29 is 14.2 Å². The predicted octanol–water partition coefficient (Wildman–Crippen LogP) is 6.09. The molecule has 25 heavy (non-hydrogen) atoms. The Labute approximate surface area is 158 Å². The summed E-state index contributed by atoms with van der Waals surface area (Å²) in [5, 5.41) is 0. The normalized spacial score (nSPS) is 21.9. The molecule has 3 atom stereocenters. The molecule has 4 heteroatoms. The zero-order chi connectivity index (χ0) is 17.9. The zero-order valence-corrected chi connectivity index (χ0v) is 16.5. The van der Waals surface area contributed by atoms with Gasteiger partial charge in [0.15, 0.2) is 6.29 Å². The van der Waals surface area contributed by atoms with E-state index in [0.717, 1.165) is 30.1 Å². The van der Waals surface area contributed by atoms with Crippen molar-refractivity contribution in [3.05, 3.63) is 60.2 Å². The van der Waals surface area contributed by atoms with Crippen molar-refractivity contribution in [3.63, 3.8) is 0 Å². The van der Waals surface area contributed by atoms with E-state index in [-0.39, 0.29) is 16.7 Å². The quantitative estimate of drug-likeness (QED) is 0.544. The molecule has 3 nitrogen and oxygen atoms in total. The minimum absolute atomic E-state index is 0.00778. The number of para-hydroxylation sites is 1. The molecule has 0 saturated carbocycles. The molecule has 0 radical (unpaired) electrons. The smallest absolute Gasteiger partial charge is 0.162 e. The van der Waals surface area contributed by atoms with E-state index >= 15 is 0 Å². The number of ether oxygens (including phenoxy) is 3. The molecule has 1 heterocycles. The van der Waals surface area contributed by atoms with Crippen LogP contribution in [0.2, 0.25) is 0 Å². The topological polar surface area (TPSA) is 27.7 Å². The number of alkyl halides is 1. The average molecular weight is 405 g/mol. The van der Waals surface area contributed by atoms with Crippen molar-refractivity contribution in [2.75, 3.05) is 6.61 Å². The fourth-order valence-corrected chi connectivity index (χ4v) is 3.54. The molecule has 1 fully saturated rings. The Morgan fingerprint density at radius 2 is 1.80 bits per heavy atom. The van der Waals surface area contributed by atoms with Crippen molar-refractivity contribution in [2.24, 2.45) is 5.92 Å². The zero-order valence-electron chi connectivity index (χ0n) is 14.9. The third-order valence-electron chi connectivity index (χ3n) is 4.57. The van der Waals surface area contributed by atoms with Gasteiger partial charge in [0, 0.05) is 10.2 Å². The summed E-state index contributed by atoms with van der Waals surface area (Å²) in [5.41, 5.74) is 1.08. The highest BCUT2D eigenvalue weighted by atomic mass is 79.9. The number of hydrogen-bond donors (Lipinski definition) is 0. The van der Waals surface area contributed by atoms with Crippen molar-refractivity contribution in [3.8, 4) is 11.5 Å². The van der Waals surface area contributed by atoms with Crippen LogP contribution in [-0.2, 0) is 9.47 Å². The van der Waals surface area contributed by atoms with Crippen LogP contribution in [-0.4, -0.2) is 17.2 Å². The summed E-state index contributed by atoms with van der Waals surface area (Å²) in [5.74, 6) is 1.97. The molecule has 134 valence electrons. The number of benzene rings is 2. The third kappa shape index (κ3) is 4.84.